The van der Waals surface area contributed by atoms with Gasteiger partial charge in [0.15, 0.2) is 5.58 Å². The van der Waals surface area contributed by atoms with Gasteiger partial charge < -0.3 is 19.4 Å². The first-order valence-electron chi connectivity index (χ1n) is 8.51. The van der Waals surface area contributed by atoms with Crippen molar-refractivity contribution in [1.29, 1.82) is 0 Å². The van der Waals surface area contributed by atoms with Gasteiger partial charge in [0.2, 0.25) is 0 Å². The molecule has 3 rings (SSSR count). The summed E-state index contributed by atoms with van der Waals surface area (Å²) in [6, 6.07) is 4.65. The van der Waals surface area contributed by atoms with Crippen molar-refractivity contribution in [1.82, 2.24) is 10.3 Å². The van der Waals surface area contributed by atoms with Crippen LogP contribution in [0.25, 0.3) is 11.1 Å². The van der Waals surface area contributed by atoms with Gasteiger partial charge in [-0.2, -0.15) is 4.98 Å². The Morgan fingerprint density at radius 3 is 2.92 bits per heavy atom. The Kier molecular flexibility index (Phi) is 4.71. The summed E-state index contributed by atoms with van der Waals surface area (Å²) in [6.45, 7) is 6.72. The molecule has 0 saturated carbocycles. The highest BCUT2D eigenvalue weighted by Gasteiger charge is 2.26. The molecular weight excluding hydrogens is 340 g/mol. The zero-order valence-corrected chi connectivity index (χ0v) is 15.0. The van der Waals surface area contributed by atoms with Crippen molar-refractivity contribution < 1.29 is 18.9 Å². The Balaban J connectivity index is 1.70. The maximum absolute atomic E-state index is 12.0. The van der Waals surface area contributed by atoms with Crippen molar-refractivity contribution in [3.63, 3.8) is 0 Å². The summed E-state index contributed by atoms with van der Waals surface area (Å²) in [4.78, 5) is 28.7. The highest BCUT2D eigenvalue weighted by molar-refractivity contribution is 5.77. The van der Waals surface area contributed by atoms with Crippen LogP contribution >= 0.6 is 0 Å². The van der Waals surface area contributed by atoms with Gasteiger partial charge in [0.1, 0.15) is 11.1 Å². The van der Waals surface area contributed by atoms with Crippen LogP contribution in [-0.2, 0) is 4.74 Å². The van der Waals surface area contributed by atoms with E-state index in [0.29, 0.717) is 23.7 Å². The molecule has 1 amide bonds. The number of carbonyl (C=O) groups excluding carboxylic acids is 1. The van der Waals surface area contributed by atoms with Crippen LogP contribution in [0.3, 0.4) is 0 Å². The number of piperidine rings is 1. The molecule has 2 aromatic rings. The average Bonchev–Trinajstić information content (AvgIpc) is 2.96. The van der Waals surface area contributed by atoms with Gasteiger partial charge in [0.25, 0.3) is 11.7 Å². The summed E-state index contributed by atoms with van der Waals surface area (Å²) in [5, 5.41) is 13.8. The molecule has 1 N–H and O–H groups in total. The van der Waals surface area contributed by atoms with Crippen molar-refractivity contribution >= 4 is 28.9 Å². The number of nitrogens with zero attached hydrogens (tertiary/aromatic N) is 3. The molecule has 1 fully saturated rings. The lowest BCUT2D eigenvalue weighted by molar-refractivity contribution is -0.384. The number of hydrogen-bond donors (Lipinski definition) is 1. The molecule has 9 nitrogen and oxygen atoms in total. The fourth-order valence-corrected chi connectivity index (χ4v) is 2.90. The molecule has 9 heteroatoms. The second kappa shape index (κ2) is 6.81. The highest BCUT2D eigenvalue weighted by atomic mass is 16.6. The summed E-state index contributed by atoms with van der Waals surface area (Å²) in [6.07, 6.45) is 1.25. The first kappa shape index (κ1) is 18.0. The fourth-order valence-electron chi connectivity index (χ4n) is 2.90. The minimum Gasteiger partial charge on any atom is -0.444 e. The first-order valence-corrected chi connectivity index (χ1v) is 8.51. The number of nitrogens with one attached hydrogen (secondary N) is 1. The van der Waals surface area contributed by atoms with Crippen molar-refractivity contribution in [2.75, 3.05) is 18.0 Å². The molecule has 1 saturated heterocycles. The van der Waals surface area contributed by atoms with Gasteiger partial charge in [0.05, 0.1) is 4.92 Å². The van der Waals surface area contributed by atoms with Gasteiger partial charge in [-0.3, -0.25) is 10.1 Å². The maximum Gasteiger partial charge on any atom is 0.407 e. The Morgan fingerprint density at radius 1 is 1.46 bits per heavy atom. The van der Waals surface area contributed by atoms with Crippen molar-refractivity contribution in [2.24, 2.45) is 0 Å². The molecule has 26 heavy (non-hydrogen) atoms. The van der Waals surface area contributed by atoms with E-state index in [2.05, 4.69) is 10.3 Å². The molecule has 2 heterocycles. The zero-order chi connectivity index (χ0) is 18.9. The van der Waals surface area contributed by atoms with E-state index in [-0.39, 0.29) is 11.7 Å². The Labute approximate surface area is 150 Å². The predicted octanol–water partition coefficient (Wildman–Crippen LogP) is 3.23. The number of hydrogen-bond acceptors (Lipinski definition) is 7. The zero-order valence-electron chi connectivity index (χ0n) is 15.0. The minimum absolute atomic E-state index is 0.0273. The first-order chi connectivity index (χ1) is 12.2. The van der Waals surface area contributed by atoms with E-state index < -0.39 is 16.6 Å². The molecule has 0 aliphatic carbocycles. The van der Waals surface area contributed by atoms with Gasteiger partial charge in [-0.15, -0.1) is 0 Å². The number of oxazole rings is 1. The summed E-state index contributed by atoms with van der Waals surface area (Å²) in [5.41, 5.74) is 0.359. The van der Waals surface area contributed by atoms with Gasteiger partial charge in [-0.25, -0.2) is 4.79 Å². The van der Waals surface area contributed by atoms with E-state index in [9.17, 15) is 14.9 Å². The number of ether oxygens (including phenoxy) is 1. The molecule has 1 aliphatic heterocycles. The van der Waals surface area contributed by atoms with Crippen molar-refractivity contribution in [3.05, 3.63) is 28.3 Å². The number of benzene rings is 1. The number of nitro groups is 1. The lowest BCUT2D eigenvalue weighted by atomic mass is 10.1. The molecule has 1 aromatic carbocycles. The number of amides is 1. The second-order valence-corrected chi connectivity index (χ2v) is 7.34. The monoisotopic (exact) mass is 362 g/mol. The number of carbonyl (C=O) groups is 1. The standard InChI is InChI=1S/C17H22N4O5/c1-17(2,3)26-16(22)18-11-5-4-8-20(10-11)15-19-13-9-12(21(23)24)6-7-14(13)25-15/h6-7,9,11H,4-5,8,10H2,1-3H3,(H,18,22). The van der Waals surface area contributed by atoms with Crippen LogP contribution in [0, 0.1) is 10.1 Å². The van der Waals surface area contributed by atoms with Crippen LogP contribution in [0.5, 0.6) is 0 Å². The normalized spacial score (nSPS) is 18.0. The van der Waals surface area contributed by atoms with Crippen LogP contribution in [0.1, 0.15) is 33.6 Å². The predicted molar refractivity (Wildman–Crippen MR) is 95.3 cm³/mol. The number of fused-ring (bicyclic) bond motifs is 1. The smallest absolute Gasteiger partial charge is 0.407 e. The third kappa shape index (κ3) is 4.22. The van der Waals surface area contributed by atoms with E-state index in [4.69, 9.17) is 9.15 Å². The highest BCUT2D eigenvalue weighted by Crippen LogP contribution is 2.27. The van der Waals surface area contributed by atoms with Crippen molar-refractivity contribution in [3.8, 4) is 0 Å². The Morgan fingerprint density at radius 2 is 2.23 bits per heavy atom. The van der Waals surface area contributed by atoms with Gasteiger partial charge >= 0.3 is 6.09 Å². The Hall–Kier alpha value is -2.84. The molecule has 1 aliphatic rings. The van der Waals surface area contributed by atoms with E-state index >= 15 is 0 Å². The molecule has 0 bridgehead atoms. The van der Waals surface area contributed by atoms with Crippen molar-refractivity contribution in [2.45, 2.75) is 45.3 Å². The SMILES string of the molecule is CC(C)(C)OC(=O)NC1CCCN(c2nc3cc([N+](=O)[O-])ccc3o2)C1. The average molecular weight is 362 g/mol. The second-order valence-electron chi connectivity index (χ2n) is 7.34. The van der Waals surface area contributed by atoms with E-state index in [1.807, 2.05) is 25.7 Å². The third-order valence-corrected chi connectivity index (χ3v) is 3.98. The van der Waals surface area contributed by atoms with Crippen LogP contribution in [0.4, 0.5) is 16.5 Å². The van der Waals surface area contributed by atoms with Crippen LogP contribution in [-0.4, -0.2) is 40.7 Å². The number of non-ortho nitro benzene ring substituents is 1. The lowest BCUT2D eigenvalue weighted by Crippen LogP contribution is -2.49. The summed E-state index contributed by atoms with van der Waals surface area (Å²) >= 11 is 0. The number of alkyl carbamates (subject to hydrolysis) is 1. The van der Waals surface area contributed by atoms with Gasteiger partial charge in [-0.1, -0.05) is 0 Å². The quantitative estimate of drug-likeness (QED) is 0.659. The van der Waals surface area contributed by atoms with Crippen LogP contribution < -0.4 is 10.2 Å². The van der Waals surface area contributed by atoms with Gasteiger partial charge in [0, 0.05) is 31.3 Å². The fraction of sp³-hybridized carbons (Fsp3) is 0.529. The van der Waals surface area contributed by atoms with E-state index in [1.54, 1.807) is 6.07 Å². The van der Waals surface area contributed by atoms with Gasteiger partial charge in [-0.05, 0) is 39.7 Å². The number of aromatic nitrogens is 1. The summed E-state index contributed by atoms with van der Waals surface area (Å²) in [7, 11) is 0. The molecule has 1 atom stereocenters. The van der Waals surface area contributed by atoms with E-state index in [1.165, 1.54) is 12.1 Å². The largest absolute Gasteiger partial charge is 0.444 e. The minimum atomic E-state index is -0.548. The molecular formula is C17H22N4O5. The van der Waals surface area contributed by atoms with E-state index in [0.717, 1.165) is 19.4 Å². The summed E-state index contributed by atoms with van der Waals surface area (Å²) in [5.74, 6) is 0. The summed E-state index contributed by atoms with van der Waals surface area (Å²) < 4.78 is 11.0. The van der Waals surface area contributed by atoms with Crippen LogP contribution in [0.15, 0.2) is 22.6 Å². The lowest BCUT2D eigenvalue weighted by Gasteiger charge is -2.32. The maximum atomic E-state index is 12.0. The topological polar surface area (TPSA) is 111 Å². The number of rotatable bonds is 3. The number of nitro benzene ring substituents is 1. The molecule has 1 unspecified atom stereocenters. The molecule has 1 aromatic heterocycles. The van der Waals surface area contributed by atoms with Crippen LogP contribution in [0.2, 0.25) is 0 Å². The number of anilines is 1. The molecule has 0 spiro atoms. The Bertz CT molecular complexity index is 826. The third-order valence-electron chi connectivity index (χ3n) is 3.98. The molecule has 0 radical (unpaired) electrons. The molecule has 140 valence electrons.